The Kier molecular flexibility index (Phi) is 7.04. The fourth-order valence-electron chi connectivity index (χ4n) is 5.59. The van der Waals surface area contributed by atoms with Gasteiger partial charge < -0.3 is 19.9 Å². The van der Waals surface area contributed by atoms with E-state index in [1.165, 1.54) is 16.5 Å². The van der Waals surface area contributed by atoms with E-state index in [1.54, 1.807) is 24.3 Å². The number of H-pyrrole nitrogens is 1. The summed E-state index contributed by atoms with van der Waals surface area (Å²) in [6, 6.07) is 21.0. The zero-order valence-corrected chi connectivity index (χ0v) is 21.8. The Bertz CT molecular complexity index is 1400. The molecule has 1 aromatic heterocycles. The van der Waals surface area contributed by atoms with Crippen molar-refractivity contribution in [3.05, 3.63) is 94.7 Å². The molecule has 0 saturated heterocycles. The lowest BCUT2D eigenvalue weighted by atomic mass is 9.86. The number of aromatic nitrogens is 1. The molecule has 37 heavy (non-hydrogen) atoms. The second-order valence-electron chi connectivity index (χ2n) is 10.3. The molecule has 0 fully saturated rings. The van der Waals surface area contributed by atoms with Crippen LogP contribution in [0.1, 0.15) is 78.4 Å². The van der Waals surface area contributed by atoms with E-state index in [-0.39, 0.29) is 12.4 Å². The highest BCUT2D eigenvalue weighted by Crippen LogP contribution is 2.44. The number of rotatable bonds is 8. The zero-order valence-electron chi connectivity index (χ0n) is 21.8. The van der Waals surface area contributed by atoms with Gasteiger partial charge in [0.05, 0.1) is 17.8 Å². The minimum absolute atomic E-state index is 0.0677. The number of fused-ring (bicyclic) bond motifs is 3. The molecule has 0 spiro atoms. The summed E-state index contributed by atoms with van der Waals surface area (Å²) in [5.74, 6) is 0.0425. The Morgan fingerprint density at radius 3 is 2.43 bits per heavy atom. The molecule has 3 aromatic carbocycles. The van der Waals surface area contributed by atoms with Crippen molar-refractivity contribution in [1.29, 1.82) is 0 Å². The van der Waals surface area contributed by atoms with Gasteiger partial charge in [-0.2, -0.15) is 0 Å². The highest BCUT2D eigenvalue weighted by Gasteiger charge is 2.38. The lowest BCUT2D eigenvalue weighted by molar-refractivity contribution is -0.0795. The molecule has 5 rings (SSSR count). The summed E-state index contributed by atoms with van der Waals surface area (Å²) in [5, 5.41) is 21.8. The summed E-state index contributed by atoms with van der Waals surface area (Å²) < 4.78 is 6.28. The number of ketones is 1. The van der Waals surface area contributed by atoms with Crippen LogP contribution < -0.4 is 0 Å². The maximum Gasteiger partial charge on any atom is 0.195 e. The minimum atomic E-state index is -1.21. The monoisotopic (exact) mass is 497 g/mol. The highest BCUT2D eigenvalue weighted by atomic mass is 16.5. The molecule has 0 radical (unpaired) electrons. The standard InChI is InChI=1S/C32H35NO4/c1-4-32(15-16-34)31-25(14-17-37-32)27-19-24(20(2)3)18-26(28(27)33-31)21-10-12-23(13-11-21)30(36)29(35)22-8-6-5-7-9-22/h5-13,18-20,30,33-34,36H,4,14-17H2,1-3H3. The molecule has 3 N–H and O–H groups in total. The zero-order chi connectivity index (χ0) is 26.2. The van der Waals surface area contributed by atoms with Gasteiger partial charge in [0.25, 0.3) is 0 Å². The molecule has 5 nitrogen and oxygen atoms in total. The molecule has 1 aliphatic heterocycles. The van der Waals surface area contributed by atoms with Crippen LogP contribution >= 0.6 is 0 Å². The van der Waals surface area contributed by atoms with Gasteiger partial charge in [-0.25, -0.2) is 0 Å². The molecule has 4 aromatic rings. The average molecular weight is 498 g/mol. The van der Waals surface area contributed by atoms with Crippen LogP contribution in [0.2, 0.25) is 0 Å². The first-order valence-corrected chi connectivity index (χ1v) is 13.2. The van der Waals surface area contributed by atoms with Crippen molar-refractivity contribution in [2.75, 3.05) is 13.2 Å². The maximum absolute atomic E-state index is 12.8. The molecular formula is C32H35NO4. The number of aliphatic hydroxyl groups excluding tert-OH is 2. The number of aromatic amines is 1. The fourth-order valence-corrected chi connectivity index (χ4v) is 5.59. The van der Waals surface area contributed by atoms with E-state index in [4.69, 9.17) is 4.74 Å². The van der Waals surface area contributed by atoms with Crippen LogP contribution in [0.3, 0.4) is 0 Å². The molecule has 2 atom stereocenters. The normalized spacial score (nSPS) is 18.2. The van der Waals surface area contributed by atoms with Crippen LogP contribution in [0.5, 0.6) is 0 Å². The van der Waals surface area contributed by atoms with E-state index in [0.717, 1.165) is 35.2 Å². The predicted molar refractivity (Wildman–Crippen MR) is 147 cm³/mol. The lowest BCUT2D eigenvalue weighted by Crippen LogP contribution is -2.36. The van der Waals surface area contributed by atoms with E-state index in [2.05, 4.69) is 37.9 Å². The number of aliphatic hydroxyl groups is 2. The first-order chi connectivity index (χ1) is 17.9. The molecule has 0 bridgehead atoms. The number of hydrogen-bond donors (Lipinski definition) is 3. The Morgan fingerprint density at radius 2 is 1.78 bits per heavy atom. The molecule has 2 heterocycles. The molecule has 5 heteroatoms. The van der Waals surface area contributed by atoms with Gasteiger partial charge in [0.15, 0.2) is 5.78 Å². The van der Waals surface area contributed by atoms with Crippen LogP contribution in [-0.2, 0) is 16.8 Å². The van der Waals surface area contributed by atoms with Crippen molar-refractivity contribution in [1.82, 2.24) is 4.98 Å². The average Bonchev–Trinajstić information content (AvgIpc) is 3.32. The first-order valence-electron chi connectivity index (χ1n) is 13.2. The fraction of sp³-hybridized carbons (Fsp3) is 0.344. The summed E-state index contributed by atoms with van der Waals surface area (Å²) in [6.45, 7) is 7.21. The van der Waals surface area contributed by atoms with Crippen molar-refractivity contribution in [3.8, 4) is 11.1 Å². The van der Waals surface area contributed by atoms with Crippen LogP contribution in [0.4, 0.5) is 0 Å². The van der Waals surface area contributed by atoms with Gasteiger partial charge in [-0.15, -0.1) is 0 Å². The van der Waals surface area contributed by atoms with E-state index in [9.17, 15) is 15.0 Å². The quantitative estimate of drug-likeness (QED) is 0.245. The molecule has 0 saturated carbocycles. The largest absolute Gasteiger partial charge is 0.396 e. The SMILES string of the molecule is CCC1(CCO)OCCc2c1[nH]c1c(-c3ccc(C(O)C(=O)c4ccccc4)cc3)cc(C(C)C)cc21. The highest BCUT2D eigenvalue weighted by molar-refractivity contribution is 6.00. The Morgan fingerprint density at radius 1 is 1.05 bits per heavy atom. The van der Waals surface area contributed by atoms with Gasteiger partial charge >= 0.3 is 0 Å². The maximum atomic E-state index is 12.8. The van der Waals surface area contributed by atoms with E-state index < -0.39 is 11.7 Å². The molecule has 192 valence electrons. The summed E-state index contributed by atoms with van der Waals surface area (Å²) in [5.41, 5.74) is 7.32. The molecule has 1 aliphatic rings. The lowest BCUT2D eigenvalue weighted by Gasteiger charge is -2.36. The number of carbonyl (C=O) groups excluding carboxylic acids is 1. The molecular weight excluding hydrogens is 462 g/mol. The van der Waals surface area contributed by atoms with E-state index in [0.29, 0.717) is 30.1 Å². The number of carbonyl (C=O) groups is 1. The van der Waals surface area contributed by atoms with E-state index >= 15 is 0 Å². The third-order valence-corrected chi connectivity index (χ3v) is 7.82. The molecule has 0 aliphatic carbocycles. The van der Waals surface area contributed by atoms with Gasteiger partial charge in [0.1, 0.15) is 11.7 Å². The van der Waals surface area contributed by atoms with Gasteiger partial charge in [0.2, 0.25) is 0 Å². The first kappa shape index (κ1) is 25.4. The summed E-state index contributed by atoms with van der Waals surface area (Å²) in [7, 11) is 0. The second kappa shape index (κ2) is 10.3. The second-order valence-corrected chi connectivity index (χ2v) is 10.3. The van der Waals surface area contributed by atoms with E-state index in [1.807, 2.05) is 30.3 Å². The van der Waals surface area contributed by atoms with Crippen LogP contribution in [0.15, 0.2) is 66.7 Å². The Hall–Kier alpha value is -3.25. The number of nitrogens with one attached hydrogen (secondary N) is 1. The number of Topliss-reactive ketones (excluding diaryl/α,β-unsaturated/α-hetero) is 1. The van der Waals surface area contributed by atoms with Crippen LogP contribution in [0.25, 0.3) is 22.0 Å². The number of benzene rings is 3. The van der Waals surface area contributed by atoms with Crippen molar-refractivity contribution < 1.29 is 19.7 Å². The number of hydrogen-bond acceptors (Lipinski definition) is 4. The van der Waals surface area contributed by atoms with Crippen LogP contribution in [-0.4, -0.2) is 34.2 Å². The predicted octanol–water partition coefficient (Wildman–Crippen LogP) is 6.44. The van der Waals surface area contributed by atoms with Crippen LogP contribution in [0, 0.1) is 0 Å². The van der Waals surface area contributed by atoms with Gasteiger partial charge in [0, 0.05) is 29.5 Å². The van der Waals surface area contributed by atoms with Gasteiger partial charge in [-0.1, -0.05) is 75.4 Å². The molecule has 2 unspecified atom stereocenters. The van der Waals surface area contributed by atoms with Crippen molar-refractivity contribution in [3.63, 3.8) is 0 Å². The Balaban J connectivity index is 1.59. The summed E-state index contributed by atoms with van der Waals surface area (Å²) >= 11 is 0. The van der Waals surface area contributed by atoms with Gasteiger partial charge in [-0.3, -0.25) is 4.79 Å². The summed E-state index contributed by atoms with van der Waals surface area (Å²) in [4.78, 5) is 16.5. The third kappa shape index (κ3) is 4.52. The molecule has 0 amide bonds. The third-order valence-electron chi connectivity index (χ3n) is 7.82. The van der Waals surface area contributed by atoms with Crippen molar-refractivity contribution >= 4 is 16.7 Å². The van der Waals surface area contributed by atoms with Crippen molar-refractivity contribution in [2.24, 2.45) is 0 Å². The van der Waals surface area contributed by atoms with Gasteiger partial charge in [-0.05, 0) is 53.1 Å². The summed E-state index contributed by atoms with van der Waals surface area (Å²) in [6.07, 6.45) is 0.951. The Labute approximate surface area is 218 Å². The van der Waals surface area contributed by atoms with Crippen molar-refractivity contribution in [2.45, 2.75) is 57.7 Å². The number of ether oxygens (including phenoxy) is 1. The topological polar surface area (TPSA) is 82.6 Å². The smallest absolute Gasteiger partial charge is 0.195 e. The minimum Gasteiger partial charge on any atom is -0.396 e.